The van der Waals surface area contributed by atoms with E-state index in [9.17, 15) is 8.42 Å². The van der Waals surface area contributed by atoms with Crippen LogP contribution in [0, 0.1) is 6.92 Å². The third-order valence-electron chi connectivity index (χ3n) is 3.99. The van der Waals surface area contributed by atoms with Gasteiger partial charge in [-0.25, -0.2) is 8.42 Å². The molecule has 3 rings (SSSR count). The van der Waals surface area contributed by atoms with Gasteiger partial charge in [0.05, 0.1) is 4.90 Å². The molecule has 21 heavy (non-hydrogen) atoms. The van der Waals surface area contributed by atoms with Crippen molar-refractivity contribution in [3.8, 4) is 0 Å². The maximum Gasteiger partial charge on any atom is 0.261 e. The first-order chi connectivity index (χ1) is 9.71. The van der Waals surface area contributed by atoms with Gasteiger partial charge in [-0.3, -0.25) is 0 Å². The average molecular weight is 339 g/mol. The van der Waals surface area contributed by atoms with Crippen molar-refractivity contribution in [3.63, 3.8) is 0 Å². The van der Waals surface area contributed by atoms with E-state index in [4.69, 9.17) is 10.7 Å². The summed E-state index contributed by atoms with van der Waals surface area (Å²) in [6.45, 7) is 6.12. The van der Waals surface area contributed by atoms with E-state index < -0.39 is 9.05 Å². The maximum atomic E-state index is 11.7. The summed E-state index contributed by atoms with van der Waals surface area (Å²) in [4.78, 5) is 2.32. The van der Waals surface area contributed by atoms with Gasteiger partial charge in [0.2, 0.25) is 0 Å². The van der Waals surface area contributed by atoms with Gasteiger partial charge >= 0.3 is 0 Å². The van der Waals surface area contributed by atoms with Crippen LogP contribution < -0.4 is 0 Å². The lowest BCUT2D eigenvalue weighted by atomic mass is 9.77. The van der Waals surface area contributed by atoms with Crippen molar-refractivity contribution in [2.45, 2.75) is 40.9 Å². The van der Waals surface area contributed by atoms with E-state index in [0.29, 0.717) is 5.56 Å². The molecule has 0 saturated carbocycles. The third kappa shape index (κ3) is 2.39. The van der Waals surface area contributed by atoms with Crippen molar-refractivity contribution in [2.75, 3.05) is 0 Å². The smallest absolute Gasteiger partial charge is 0.207 e. The van der Waals surface area contributed by atoms with Crippen LogP contribution in [-0.4, -0.2) is 8.42 Å². The molecular weight excluding hydrogens is 324 g/mol. The Hall–Kier alpha value is -0.970. The lowest BCUT2D eigenvalue weighted by Gasteiger charge is -2.35. The predicted molar refractivity (Wildman–Crippen MR) is 86.9 cm³/mol. The quantitative estimate of drug-likeness (QED) is 0.706. The molecule has 5 heteroatoms. The van der Waals surface area contributed by atoms with Gasteiger partial charge in [0.15, 0.2) is 0 Å². The van der Waals surface area contributed by atoms with Crippen LogP contribution in [0.2, 0.25) is 0 Å². The highest BCUT2D eigenvalue weighted by atomic mass is 35.7. The first kappa shape index (κ1) is 14.9. The number of rotatable bonds is 1. The highest BCUT2D eigenvalue weighted by Crippen LogP contribution is 2.50. The SMILES string of the molecule is Cc1cc2c(cc1S(=O)(=O)Cl)Sc1ccccc1C2(C)C. The van der Waals surface area contributed by atoms with Crippen LogP contribution in [0.5, 0.6) is 0 Å². The maximum absolute atomic E-state index is 11.7. The molecule has 1 aliphatic rings. The number of fused-ring (bicyclic) bond motifs is 2. The normalized spacial score (nSPS) is 16.2. The second kappa shape index (κ2) is 4.77. The monoisotopic (exact) mass is 338 g/mol. The van der Waals surface area contributed by atoms with E-state index in [-0.39, 0.29) is 10.3 Å². The number of hydrogen-bond acceptors (Lipinski definition) is 3. The molecule has 0 unspecified atom stereocenters. The van der Waals surface area contributed by atoms with Gasteiger partial charge in [-0.05, 0) is 35.7 Å². The van der Waals surface area contributed by atoms with Crippen molar-refractivity contribution in [3.05, 3.63) is 53.1 Å². The van der Waals surface area contributed by atoms with Crippen LogP contribution in [0.1, 0.15) is 30.5 Å². The van der Waals surface area contributed by atoms with Gasteiger partial charge in [0, 0.05) is 25.9 Å². The Kier molecular flexibility index (Phi) is 3.39. The Balaban J connectivity index is 2.29. The molecule has 0 atom stereocenters. The van der Waals surface area contributed by atoms with Crippen molar-refractivity contribution >= 4 is 31.5 Å². The molecule has 2 aromatic carbocycles. The van der Waals surface area contributed by atoms with Gasteiger partial charge in [-0.15, -0.1) is 0 Å². The predicted octanol–water partition coefficient (Wildman–Crippen LogP) is 4.71. The van der Waals surface area contributed by atoms with Gasteiger partial charge < -0.3 is 0 Å². The van der Waals surface area contributed by atoms with Crippen LogP contribution in [0.25, 0.3) is 0 Å². The molecular formula is C16H15ClO2S2. The Morgan fingerprint density at radius 2 is 1.71 bits per heavy atom. The second-order valence-electron chi connectivity index (χ2n) is 5.77. The lowest BCUT2D eigenvalue weighted by Crippen LogP contribution is -2.24. The molecule has 1 aliphatic heterocycles. The fraction of sp³-hybridized carbons (Fsp3) is 0.250. The standard InChI is InChI=1S/C16H15ClO2S2/c1-10-8-12-14(9-15(10)21(17,18)19)20-13-7-5-4-6-11(13)16(12,2)3/h4-9H,1-3H3. The van der Waals surface area contributed by atoms with Crippen molar-refractivity contribution in [1.29, 1.82) is 0 Å². The minimum absolute atomic E-state index is 0.156. The third-order valence-corrected chi connectivity index (χ3v) is 6.59. The Bertz CT molecular complexity index is 839. The molecule has 0 aliphatic carbocycles. The topological polar surface area (TPSA) is 34.1 Å². The highest BCUT2D eigenvalue weighted by molar-refractivity contribution is 8.13. The summed E-state index contributed by atoms with van der Waals surface area (Å²) >= 11 is 1.60. The molecule has 0 N–H and O–H groups in total. The molecule has 0 bridgehead atoms. The molecule has 0 fully saturated rings. The van der Waals surface area contributed by atoms with Crippen molar-refractivity contribution in [1.82, 2.24) is 0 Å². The van der Waals surface area contributed by atoms with Gasteiger partial charge in [-0.2, -0.15) is 0 Å². The van der Waals surface area contributed by atoms with Crippen molar-refractivity contribution in [2.24, 2.45) is 0 Å². The number of aryl methyl sites for hydroxylation is 1. The summed E-state index contributed by atoms with van der Waals surface area (Å²) in [7, 11) is 1.82. The van der Waals surface area contributed by atoms with E-state index in [1.807, 2.05) is 18.2 Å². The van der Waals surface area contributed by atoms with Crippen LogP contribution in [0.15, 0.2) is 51.1 Å². The van der Waals surface area contributed by atoms with Gasteiger partial charge in [0.25, 0.3) is 9.05 Å². The molecule has 0 radical (unpaired) electrons. The number of benzene rings is 2. The van der Waals surface area contributed by atoms with Crippen LogP contribution in [0.3, 0.4) is 0 Å². The fourth-order valence-electron chi connectivity index (χ4n) is 2.84. The van der Waals surface area contributed by atoms with Gasteiger partial charge in [-0.1, -0.05) is 49.9 Å². The van der Waals surface area contributed by atoms with Crippen molar-refractivity contribution < 1.29 is 8.42 Å². The molecule has 0 aromatic heterocycles. The first-order valence-corrected chi connectivity index (χ1v) is 9.71. The van der Waals surface area contributed by atoms with E-state index in [2.05, 4.69) is 26.0 Å². The van der Waals surface area contributed by atoms with E-state index in [0.717, 1.165) is 15.4 Å². The number of halogens is 1. The van der Waals surface area contributed by atoms with Crippen LogP contribution in [-0.2, 0) is 14.5 Å². The van der Waals surface area contributed by atoms with E-state index in [1.165, 1.54) is 5.56 Å². The van der Waals surface area contributed by atoms with E-state index in [1.54, 1.807) is 24.8 Å². The summed E-state index contributed by atoms with van der Waals surface area (Å²) in [6, 6.07) is 11.9. The summed E-state index contributed by atoms with van der Waals surface area (Å²) in [5.41, 5.74) is 2.95. The molecule has 2 aromatic rings. The molecule has 0 spiro atoms. The molecule has 2 nitrogen and oxygen atoms in total. The van der Waals surface area contributed by atoms with E-state index >= 15 is 0 Å². The first-order valence-electron chi connectivity index (χ1n) is 6.58. The summed E-state index contributed by atoms with van der Waals surface area (Å²) in [5, 5.41) is 0. The highest BCUT2D eigenvalue weighted by Gasteiger charge is 2.34. The lowest BCUT2D eigenvalue weighted by molar-refractivity contribution is 0.599. The largest absolute Gasteiger partial charge is 0.261 e. The zero-order chi connectivity index (χ0) is 15.4. The molecule has 0 amide bonds. The summed E-state index contributed by atoms with van der Waals surface area (Å²) in [6.07, 6.45) is 0. The Labute approximate surface area is 133 Å². The minimum Gasteiger partial charge on any atom is -0.207 e. The van der Waals surface area contributed by atoms with Crippen LogP contribution in [0.4, 0.5) is 0 Å². The Morgan fingerprint density at radius 3 is 2.38 bits per heavy atom. The summed E-state index contributed by atoms with van der Waals surface area (Å²) in [5.74, 6) is 0. The Morgan fingerprint density at radius 1 is 1.05 bits per heavy atom. The van der Waals surface area contributed by atoms with Gasteiger partial charge in [0.1, 0.15) is 0 Å². The summed E-state index contributed by atoms with van der Waals surface area (Å²) < 4.78 is 23.4. The fourth-order valence-corrected chi connectivity index (χ4v) is 5.53. The second-order valence-corrected chi connectivity index (χ2v) is 9.39. The molecule has 0 saturated heterocycles. The average Bonchev–Trinajstić information content (AvgIpc) is 2.38. The minimum atomic E-state index is -3.72. The number of hydrogen-bond donors (Lipinski definition) is 0. The molecule has 1 heterocycles. The van der Waals surface area contributed by atoms with Crippen LogP contribution >= 0.6 is 22.4 Å². The molecule has 110 valence electrons. The zero-order valence-corrected chi connectivity index (χ0v) is 14.4. The zero-order valence-electron chi connectivity index (χ0n) is 12.0.